The second-order valence-electron chi connectivity index (χ2n) is 9.83. The van der Waals surface area contributed by atoms with Crippen molar-refractivity contribution in [2.75, 3.05) is 13.2 Å². The van der Waals surface area contributed by atoms with E-state index in [2.05, 4.69) is 5.32 Å². The van der Waals surface area contributed by atoms with Crippen molar-refractivity contribution in [1.29, 1.82) is 0 Å². The first-order valence-electron chi connectivity index (χ1n) is 13.2. The molecular weight excluding hydrogens is 508 g/mol. The lowest BCUT2D eigenvalue weighted by Gasteiger charge is -2.45. The highest BCUT2D eigenvalue weighted by molar-refractivity contribution is 6.30. The van der Waals surface area contributed by atoms with E-state index in [9.17, 15) is 14.7 Å². The van der Waals surface area contributed by atoms with Gasteiger partial charge >= 0.3 is 0 Å². The van der Waals surface area contributed by atoms with E-state index in [1.54, 1.807) is 23.1 Å². The molecule has 3 atom stereocenters. The van der Waals surface area contributed by atoms with Crippen molar-refractivity contribution in [2.24, 2.45) is 0 Å². The standard InChI is InChI=1S/C33H31ClN2O3/c34-26-17-15-25(16-18-26)31-30(32(38)35-20-19-23-9-3-1-4-10-23)28-13-7-8-14-29(28)33(39)36(31)27(22-37)21-24-11-5-2-6-12-24/h1-18,27,30-31,37H,19-22H2,(H,35,38)/t27-,30+,31-/m0/s1. The van der Waals surface area contributed by atoms with Crippen molar-refractivity contribution in [3.63, 3.8) is 0 Å². The normalized spacial score (nSPS) is 17.4. The lowest BCUT2D eigenvalue weighted by atomic mass is 9.78. The number of aliphatic hydroxyl groups excluding tert-OH is 1. The number of hydrogen-bond acceptors (Lipinski definition) is 3. The average Bonchev–Trinajstić information content (AvgIpc) is 2.97. The summed E-state index contributed by atoms with van der Waals surface area (Å²) in [7, 11) is 0. The van der Waals surface area contributed by atoms with Crippen LogP contribution in [0.1, 0.15) is 44.6 Å². The molecule has 0 saturated carbocycles. The third kappa shape index (κ3) is 5.90. The number of aliphatic hydroxyl groups is 1. The summed E-state index contributed by atoms with van der Waals surface area (Å²) in [5, 5.41) is 14.3. The molecule has 39 heavy (non-hydrogen) atoms. The first-order chi connectivity index (χ1) is 19.1. The van der Waals surface area contributed by atoms with Crippen LogP contribution in [0.5, 0.6) is 0 Å². The molecule has 5 rings (SSSR count). The fraction of sp³-hybridized carbons (Fsp3) is 0.212. The van der Waals surface area contributed by atoms with E-state index in [1.807, 2.05) is 91.0 Å². The molecule has 0 radical (unpaired) electrons. The molecule has 198 valence electrons. The summed E-state index contributed by atoms with van der Waals surface area (Å²) in [6.07, 6.45) is 1.15. The topological polar surface area (TPSA) is 69.6 Å². The predicted octanol–water partition coefficient (Wildman–Crippen LogP) is 5.58. The smallest absolute Gasteiger partial charge is 0.255 e. The number of rotatable bonds is 9. The Balaban J connectivity index is 1.55. The fourth-order valence-corrected chi connectivity index (χ4v) is 5.60. The van der Waals surface area contributed by atoms with E-state index in [0.29, 0.717) is 35.5 Å². The Bertz CT molecular complexity index is 1410. The van der Waals surface area contributed by atoms with E-state index in [-0.39, 0.29) is 18.4 Å². The highest BCUT2D eigenvalue weighted by Gasteiger charge is 2.46. The number of halogens is 1. The Morgan fingerprint density at radius 1 is 0.846 bits per heavy atom. The number of amides is 2. The molecule has 2 N–H and O–H groups in total. The monoisotopic (exact) mass is 538 g/mol. The van der Waals surface area contributed by atoms with Crippen LogP contribution >= 0.6 is 11.6 Å². The predicted molar refractivity (Wildman–Crippen MR) is 154 cm³/mol. The Morgan fingerprint density at radius 2 is 1.46 bits per heavy atom. The van der Waals surface area contributed by atoms with Crippen LogP contribution in [-0.4, -0.2) is 41.0 Å². The second-order valence-corrected chi connectivity index (χ2v) is 10.3. The molecule has 1 aliphatic rings. The Kier molecular flexibility index (Phi) is 8.40. The van der Waals surface area contributed by atoms with Crippen molar-refractivity contribution in [2.45, 2.75) is 30.8 Å². The number of fused-ring (bicyclic) bond motifs is 1. The van der Waals surface area contributed by atoms with Gasteiger partial charge in [-0.2, -0.15) is 0 Å². The molecule has 6 heteroatoms. The molecule has 2 amide bonds. The van der Waals surface area contributed by atoms with Crippen LogP contribution in [-0.2, 0) is 17.6 Å². The number of carbonyl (C=O) groups is 2. The molecule has 0 saturated heterocycles. The number of carbonyl (C=O) groups excluding carboxylic acids is 2. The number of benzene rings is 4. The summed E-state index contributed by atoms with van der Waals surface area (Å²) < 4.78 is 0. The zero-order valence-electron chi connectivity index (χ0n) is 21.5. The van der Waals surface area contributed by atoms with E-state index in [4.69, 9.17) is 11.6 Å². The van der Waals surface area contributed by atoms with Gasteiger partial charge in [0.1, 0.15) is 0 Å². The van der Waals surface area contributed by atoms with Crippen LogP contribution in [0.3, 0.4) is 0 Å². The lowest BCUT2D eigenvalue weighted by molar-refractivity contribution is -0.124. The lowest BCUT2D eigenvalue weighted by Crippen LogP contribution is -2.53. The maximum atomic E-state index is 14.1. The molecule has 5 nitrogen and oxygen atoms in total. The SMILES string of the molecule is O=C(NCCc1ccccc1)[C@@H]1c2ccccc2C(=O)N([C@H](CO)Cc2ccccc2)[C@H]1c1ccc(Cl)cc1. The first-order valence-corrected chi connectivity index (χ1v) is 13.6. The van der Waals surface area contributed by atoms with E-state index in [1.165, 1.54) is 0 Å². The zero-order chi connectivity index (χ0) is 27.2. The Morgan fingerprint density at radius 3 is 2.13 bits per heavy atom. The van der Waals surface area contributed by atoms with Gasteiger partial charge in [-0.1, -0.05) is 103 Å². The van der Waals surface area contributed by atoms with Crippen molar-refractivity contribution in [1.82, 2.24) is 10.2 Å². The Hall–Kier alpha value is -3.93. The van der Waals surface area contributed by atoms with Crippen molar-refractivity contribution in [3.8, 4) is 0 Å². The highest BCUT2D eigenvalue weighted by atomic mass is 35.5. The van der Waals surface area contributed by atoms with Crippen molar-refractivity contribution < 1.29 is 14.7 Å². The summed E-state index contributed by atoms with van der Waals surface area (Å²) in [5.74, 6) is -1.03. The van der Waals surface area contributed by atoms with E-state index < -0.39 is 18.0 Å². The summed E-state index contributed by atoms with van der Waals surface area (Å²) >= 11 is 6.22. The van der Waals surface area contributed by atoms with Crippen molar-refractivity contribution in [3.05, 3.63) is 142 Å². The molecule has 0 unspecified atom stereocenters. The molecule has 0 spiro atoms. The number of nitrogens with one attached hydrogen (secondary N) is 1. The van der Waals surface area contributed by atoms with Crippen LogP contribution in [0.15, 0.2) is 109 Å². The minimum Gasteiger partial charge on any atom is -0.394 e. The van der Waals surface area contributed by atoms with Crippen LogP contribution in [0.4, 0.5) is 0 Å². The quantitative estimate of drug-likeness (QED) is 0.292. The Labute approximate surface area is 234 Å². The summed E-state index contributed by atoms with van der Waals surface area (Å²) in [4.78, 5) is 29.8. The second kappa shape index (κ2) is 12.3. The van der Waals surface area contributed by atoms with E-state index in [0.717, 1.165) is 16.7 Å². The molecule has 1 heterocycles. The summed E-state index contributed by atoms with van der Waals surface area (Å²) in [6, 6.07) is 33.2. The van der Waals surface area contributed by atoms with Crippen LogP contribution in [0.25, 0.3) is 0 Å². The maximum absolute atomic E-state index is 14.1. The van der Waals surface area contributed by atoms with Gasteiger partial charge in [0, 0.05) is 17.1 Å². The van der Waals surface area contributed by atoms with Gasteiger partial charge in [-0.25, -0.2) is 0 Å². The summed E-state index contributed by atoms with van der Waals surface area (Å²) in [5.41, 5.74) is 4.10. The molecule has 0 aromatic heterocycles. The molecule has 0 aliphatic carbocycles. The zero-order valence-corrected chi connectivity index (χ0v) is 22.3. The largest absolute Gasteiger partial charge is 0.394 e. The van der Waals surface area contributed by atoms with Crippen LogP contribution in [0.2, 0.25) is 5.02 Å². The van der Waals surface area contributed by atoms with Crippen LogP contribution < -0.4 is 5.32 Å². The van der Waals surface area contributed by atoms with Gasteiger partial charge in [0.15, 0.2) is 0 Å². The van der Waals surface area contributed by atoms with Gasteiger partial charge < -0.3 is 15.3 Å². The molecule has 1 aliphatic heterocycles. The number of nitrogens with zero attached hydrogens (tertiary/aromatic N) is 1. The molecule has 4 aromatic carbocycles. The van der Waals surface area contributed by atoms with Gasteiger partial charge in [0.05, 0.1) is 24.6 Å². The minimum atomic E-state index is -0.666. The van der Waals surface area contributed by atoms with Gasteiger partial charge in [0.2, 0.25) is 5.91 Å². The maximum Gasteiger partial charge on any atom is 0.255 e. The third-order valence-electron chi connectivity index (χ3n) is 7.34. The minimum absolute atomic E-state index is 0.160. The summed E-state index contributed by atoms with van der Waals surface area (Å²) in [6.45, 7) is 0.228. The van der Waals surface area contributed by atoms with E-state index >= 15 is 0 Å². The van der Waals surface area contributed by atoms with Crippen molar-refractivity contribution >= 4 is 23.4 Å². The molecule has 0 bridgehead atoms. The molecular formula is C33H31ClN2O3. The fourth-order valence-electron chi connectivity index (χ4n) is 5.47. The van der Waals surface area contributed by atoms with Gasteiger partial charge in [0.25, 0.3) is 5.91 Å². The first kappa shape index (κ1) is 26.7. The molecule has 4 aromatic rings. The van der Waals surface area contributed by atoms with Gasteiger partial charge in [-0.3, -0.25) is 9.59 Å². The van der Waals surface area contributed by atoms with Gasteiger partial charge in [-0.05, 0) is 53.3 Å². The average molecular weight is 539 g/mol. The molecule has 0 fully saturated rings. The van der Waals surface area contributed by atoms with Gasteiger partial charge in [-0.15, -0.1) is 0 Å². The third-order valence-corrected chi connectivity index (χ3v) is 7.60. The number of hydrogen-bond donors (Lipinski definition) is 2. The highest BCUT2D eigenvalue weighted by Crippen LogP contribution is 2.44. The van der Waals surface area contributed by atoms with Crippen LogP contribution in [0, 0.1) is 0 Å².